The smallest absolute Gasteiger partial charge is 0.227 e. The fraction of sp³-hybridized carbons (Fsp3) is 0.444. The number of benzene rings is 2. The Morgan fingerprint density at radius 1 is 1.06 bits per heavy atom. The molecule has 0 spiro atoms. The summed E-state index contributed by atoms with van der Waals surface area (Å²) in [6.07, 6.45) is 4.40. The Kier molecular flexibility index (Phi) is 6.35. The van der Waals surface area contributed by atoms with E-state index in [-0.39, 0.29) is 17.9 Å². The maximum atomic E-state index is 12.4. The highest BCUT2D eigenvalue weighted by Gasteiger charge is 2.32. The van der Waals surface area contributed by atoms with E-state index in [9.17, 15) is 4.79 Å². The summed E-state index contributed by atoms with van der Waals surface area (Å²) in [5.41, 5.74) is 5.36. The summed E-state index contributed by atoms with van der Waals surface area (Å²) in [4.78, 5) is 19.6. The van der Waals surface area contributed by atoms with E-state index < -0.39 is 0 Å². The van der Waals surface area contributed by atoms with Crippen LogP contribution < -0.4 is 10.2 Å². The van der Waals surface area contributed by atoms with Crippen molar-refractivity contribution in [2.75, 3.05) is 50.0 Å². The minimum atomic E-state index is 0.144. The van der Waals surface area contributed by atoms with Crippen LogP contribution in [0.2, 0.25) is 5.02 Å². The quantitative estimate of drug-likeness (QED) is 0.633. The number of piperazine rings is 1. The lowest BCUT2D eigenvalue weighted by Gasteiger charge is -2.43. The summed E-state index contributed by atoms with van der Waals surface area (Å²) in [5.74, 6) is 0.336. The van der Waals surface area contributed by atoms with Crippen LogP contribution in [0.3, 0.4) is 0 Å². The van der Waals surface area contributed by atoms with E-state index in [0.29, 0.717) is 0 Å². The molecule has 2 aromatic rings. The number of nitrogens with one attached hydrogen (secondary N) is 1. The van der Waals surface area contributed by atoms with Crippen molar-refractivity contribution < 1.29 is 4.79 Å². The predicted molar refractivity (Wildman–Crippen MR) is 137 cm³/mol. The van der Waals surface area contributed by atoms with Crippen molar-refractivity contribution in [3.8, 4) is 0 Å². The Hall–Kier alpha value is -2.50. The minimum Gasteiger partial charge on any atom is -0.371 e. The van der Waals surface area contributed by atoms with E-state index in [1.54, 1.807) is 0 Å². The molecule has 33 heavy (non-hydrogen) atoms. The number of anilines is 2. The van der Waals surface area contributed by atoms with E-state index in [1.807, 2.05) is 18.2 Å². The Labute approximate surface area is 202 Å². The van der Waals surface area contributed by atoms with Gasteiger partial charge in [-0.25, -0.2) is 0 Å². The van der Waals surface area contributed by atoms with Gasteiger partial charge in [0.05, 0.1) is 6.04 Å². The third kappa shape index (κ3) is 4.75. The molecule has 0 aromatic heterocycles. The zero-order valence-electron chi connectivity index (χ0n) is 19.4. The lowest BCUT2D eigenvalue weighted by Crippen LogP contribution is -2.45. The topological polar surface area (TPSA) is 38.8 Å². The maximum absolute atomic E-state index is 12.4. The largest absolute Gasteiger partial charge is 0.371 e. The fourth-order valence-electron chi connectivity index (χ4n) is 5.07. The van der Waals surface area contributed by atoms with Gasteiger partial charge in [0.1, 0.15) is 0 Å². The van der Waals surface area contributed by atoms with Gasteiger partial charge in [0.25, 0.3) is 0 Å². The molecule has 3 fully saturated rings. The first kappa shape index (κ1) is 22.3. The number of carbonyl (C=O) groups is 1. The number of carbonyl (C=O) groups excluding carboxylic acids is 1. The molecule has 2 saturated heterocycles. The first-order valence-electron chi connectivity index (χ1n) is 12.1. The molecule has 1 unspecified atom stereocenters. The third-order valence-corrected chi connectivity index (χ3v) is 7.51. The van der Waals surface area contributed by atoms with Gasteiger partial charge in [-0.3, -0.25) is 4.79 Å². The zero-order valence-corrected chi connectivity index (χ0v) is 20.2. The van der Waals surface area contributed by atoms with Crippen LogP contribution in [-0.4, -0.2) is 55.5 Å². The van der Waals surface area contributed by atoms with Crippen molar-refractivity contribution in [3.05, 3.63) is 65.2 Å². The molecule has 2 aromatic carbocycles. The van der Waals surface area contributed by atoms with E-state index in [4.69, 9.17) is 11.6 Å². The molecule has 174 valence electrons. The van der Waals surface area contributed by atoms with Gasteiger partial charge in [-0.05, 0) is 62.6 Å². The fourth-order valence-corrected chi connectivity index (χ4v) is 5.33. The van der Waals surface area contributed by atoms with Crippen LogP contribution in [0.25, 0.3) is 5.70 Å². The molecule has 3 aliphatic rings. The summed E-state index contributed by atoms with van der Waals surface area (Å²) in [6, 6.07) is 14.6. The average Bonchev–Trinajstić information content (AvgIpc) is 3.53. The first-order valence-corrected chi connectivity index (χ1v) is 12.5. The molecule has 6 heteroatoms. The Morgan fingerprint density at radius 2 is 1.82 bits per heavy atom. The molecule has 2 heterocycles. The Balaban J connectivity index is 1.47. The van der Waals surface area contributed by atoms with Gasteiger partial charge in [-0.2, -0.15) is 0 Å². The van der Waals surface area contributed by atoms with Crippen LogP contribution in [-0.2, 0) is 4.79 Å². The van der Waals surface area contributed by atoms with E-state index in [2.05, 4.69) is 57.9 Å². The van der Waals surface area contributed by atoms with Gasteiger partial charge in [0.2, 0.25) is 5.91 Å². The Morgan fingerprint density at radius 3 is 2.55 bits per heavy atom. The third-order valence-electron chi connectivity index (χ3n) is 7.17. The molecule has 1 saturated carbocycles. The summed E-state index contributed by atoms with van der Waals surface area (Å²) in [6.45, 7) is 9.44. The number of rotatable bonds is 6. The molecule has 1 atom stereocenters. The van der Waals surface area contributed by atoms with Crippen molar-refractivity contribution >= 4 is 34.6 Å². The number of halogens is 1. The van der Waals surface area contributed by atoms with Crippen LogP contribution >= 0.6 is 11.6 Å². The van der Waals surface area contributed by atoms with Crippen molar-refractivity contribution in [2.24, 2.45) is 5.92 Å². The van der Waals surface area contributed by atoms with Crippen molar-refractivity contribution in [2.45, 2.75) is 31.7 Å². The molecule has 2 aliphatic heterocycles. The van der Waals surface area contributed by atoms with Gasteiger partial charge in [0, 0.05) is 66.3 Å². The van der Waals surface area contributed by atoms with Crippen LogP contribution in [0, 0.1) is 5.92 Å². The molecule has 5 rings (SSSR count). The predicted octanol–water partition coefficient (Wildman–Crippen LogP) is 5.25. The molecule has 1 amide bonds. The molecule has 0 radical (unpaired) electrons. The lowest BCUT2D eigenvalue weighted by molar-refractivity contribution is -0.117. The minimum absolute atomic E-state index is 0.144. The molecule has 1 N–H and O–H groups in total. The number of hydrogen-bond acceptors (Lipinski definition) is 4. The molecule has 0 bridgehead atoms. The average molecular weight is 465 g/mol. The number of nitrogens with zero attached hydrogens (tertiary/aromatic N) is 3. The molecule has 1 aliphatic carbocycles. The highest BCUT2D eigenvalue weighted by atomic mass is 35.5. The molecule has 5 nitrogen and oxygen atoms in total. The summed E-state index contributed by atoms with van der Waals surface area (Å²) >= 11 is 6.63. The van der Waals surface area contributed by atoms with Crippen LogP contribution in [0.1, 0.15) is 42.9 Å². The summed E-state index contributed by atoms with van der Waals surface area (Å²) in [5, 5.41) is 3.93. The van der Waals surface area contributed by atoms with E-state index in [0.717, 1.165) is 73.1 Å². The second-order valence-electron chi connectivity index (χ2n) is 9.63. The van der Waals surface area contributed by atoms with Crippen LogP contribution in [0.15, 0.2) is 49.0 Å². The highest BCUT2D eigenvalue weighted by Crippen LogP contribution is 2.40. The van der Waals surface area contributed by atoms with Gasteiger partial charge in [-0.1, -0.05) is 36.4 Å². The first-order chi connectivity index (χ1) is 16.0. The number of likely N-dealkylation sites (N-methyl/N-ethyl adjacent to an activating group) is 1. The van der Waals surface area contributed by atoms with Gasteiger partial charge in [-0.15, -0.1) is 0 Å². The second kappa shape index (κ2) is 9.40. The van der Waals surface area contributed by atoms with Crippen molar-refractivity contribution in [1.82, 2.24) is 9.80 Å². The summed E-state index contributed by atoms with van der Waals surface area (Å²) < 4.78 is 0. The van der Waals surface area contributed by atoms with Crippen LogP contribution in [0.5, 0.6) is 0 Å². The monoisotopic (exact) mass is 464 g/mol. The SMILES string of the molecule is C=C(c1ccc(NC(=O)C2CC2)cc1N1CCCC1)N1CCN(C)CC1c1ccccc1Cl. The standard InChI is InChI=1S/C27H33ClN4O/c1-19(32-16-15-30(2)18-26(32)23-7-3-4-8-24(23)28)22-12-11-21(29-27(33)20-9-10-20)17-25(22)31-13-5-6-14-31/h3-4,7-8,11-12,17,20,26H,1,5-6,9-10,13-16,18H2,2H3,(H,29,33). The lowest BCUT2D eigenvalue weighted by atomic mass is 9.99. The number of amides is 1. The second-order valence-corrected chi connectivity index (χ2v) is 10.0. The van der Waals surface area contributed by atoms with Crippen LogP contribution in [0.4, 0.5) is 11.4 Å². The van der Waals surface area contributed by atoms with Crippen molar-refractivity contribution in [1.29, 1.82) is 0 Å². The van der Waals surface area contributed by atoms with E-state index in [1.165, 1.54) is 18.5 Å². The summed E-state index contributed by atoms with van der Waals surface area (Å²) in [7, 11) is 2.16. The van der Waals surface area contributed by atoms with E-state index >= 15 is 0 Å². The Bertz CT molecular complexity index is 1040. The van der Waals surface area contributed by atoms with Crippen molar-refractivity contribution in [3.63, 3.8) is 0 Å². The van der Waals surface area contributed by atoms with Gasteiger partial charge >= 0.3 is 0 Å². The highest BCUT2D eigenvalue weighted by molar-refractivity contribution is 6.31. The van der Waals surface area contributed by atoms with Gasteiger partial charge in [0.15, 0.2) is 0 Å². The zero-order chi connectivity index (χ0) is 22.9. The number of hydrogen-bond donors (Lipinski definition) is 1. The normalized spacial score (nSPS) is 21.3. The molecular weight excluding hydrogens is 432 g/mol. The molecular formula is C27H33ClN4O. The van der Waals surface area contributed by atoms with Gasteiger partial charge < -0.3 is 20.0 Å². The maximum Gasteiger partial charge on any atom is 0.227 e.